The van der Waals surface area contributed by atoms with Gasteiger partial charge in [0.25, 0.3) is 5.91 Å². The number of imidazole rings is 1. The Labute approximate surface area is 228 Å². The minimum absolute atomic E-state index is 0.157. The number of amides is 1. The number of nitrogens with zero attached hydrogens (tertiary/aromatic N) is 2. The molecule has 0 aliphatic heterocycles. The number of hydrogen-bond acceptors (Lipinski definition) is 3. The van der Waals surface area contributed by atoms with Crippen molar-refractivity contribution < 1.29 is 14.7 Å². The van der Waals surface area contributed by atoms with Gasteiger partial charge >= 0.3 is 5.97 Å². The van der Waals surface area contributed by atoms with Gasteiger partial charge in [-0.2, -0.15) is 0 Å². The Morgan fingerprint density at radius 2 is 1.64 bits per heavy atom. The molecule has 1 amide bonds. The molecular weight excluding hydrogens is 486 g/mol. The fraction of sp³-hybridized carbons (Fsp3) is 0.182. The van der Waals surface area contributed by atoms with Gasteiger partial charge in [-0.15, -0.1) is 0 Å². The topological polar surface area (TPSA) is 84.2 Å². The Kier molecular flexibility index (Phi) is 7.28. The van der Waals surface area contributed by atoms with E-state index < -0.39 is 5.97 Å². The van der Waals surface area contributed by atoms with Crippen molar-refractivity contribution in [2.75, 3.05) is 5.32 Å². The molecule has 4 aromatic carbocycles. The molecule has 0 radical (unpaired) electrons. The van der Waals surface area contributed by atoms with E-state index >= 15 is 0 Å². The number of rotatable bonds is 8. The molecule has 0 unspecified atom stereocenters. The van der Waals surface area contributed by atoms with Crippen LogP contribution >= 0.6 is 0 Å². The third-order valence-electron chi connectivity index (χ3n) is 6.93. The highest BCUT2D eigenvalue weighted by Gasteiger charge is 2.17. The molecule has 0 saturated heterocycles. The molecule has 2 N–H and O–H groups in total. The number of nitrogens with one attached hydrogen (secondary N) is 1. The quantitative estimate of drug-likeness (QED) is 0.227. The maximum absolute atomic E-state index is 13.2. The van der Waals surface area contributed by atoms with E-state index in [4.69, 9.17) is 4.98 Å². The zero-order valence-corrected chi connectivity index (χ0v) is 22.4. The van der Waals surface area contributed by atoms with Crippen LogP contribution in [0.5, 0.6) is 0 Å². The lowest BCUT2D eigenvalue weighted by Gasteiger charge is -2.12. The molecule has 39 heavy (non-hydrogen) atoms. The number of fused-ring (bicyclic) bond motifs is 1. The summed E-state index contributed by atoms with van der Waals surface area (Å²) in [5.41, 5.74) is 8.15. The highest BCUT2D eigenvalue weighted by atomic mass is 16.4. The van der Waals surface area contributed by atoms with Crippen molar-refractivity contribution in [1.29, 1.82) is 0 Å². The average Bonchev–Trinajstić information content (AvgIpc) is 3.28. The van der Waals surface area contributed by atoms with Gasteiger partial charge in [-0.1, -0.05) is 67.1 Å². The predicted molar refractivity (Wildman–Crippen MR) is 156 cm³/mol. The Hall–Kier alpha value is -4.71. The minimum atomic E-state index is -0.943. The van der Waals surface area contributed by atoms with Crippen LogP contribution in [0, 0.1) is 13.8 Å². The normalized spacial score (nSPS) is 11.1. The van der Waals surface area contributed by atoms with Crippen LogP contribution in [0.25, 0.3) is 22.2 Å². The molecular formula is C33H31N3O3. The molecule has 0 aliphatic rings. The highest BCUT2D eigenvalue weighted by molar-refractivity contribution is 6.06. The number of carboxylic acids is 1. The smallest absolute Gasteiger partial charge is 0.336 e. The minimum Gasteiger partial charge on any atom is -0.478 e. The predicted octanol–water partition coefficient (Wildman–Crippen LogP) is 7.27. The van der Waals surface area contributed by atoms with Crippen LogP contribution < -0.4 is 5.32 Å². The first kappa shape index (κ1) is 25.9. The van der Waals surface area contributed by atoms with Gasteiger partial charge in [-0.25, -0.2) is 9.78 Å². The van der Waals surface area contributed by atoms with E-state index in [2.05, 4.69) is 16.8 Å². The van der Waals surface area contributed by atoms with Crippen LogP contribution in [0.4, 0.5) is 5.69 Å². The van der Waals surface area contributed by atoms with Crippen LogP contribution in [-0.4, -0.2) is 26.5 Å². The van der Waals surface area contributed by atoms with Crippen molar-refractivity contribution in [3.63, 3.8) is 0 Å². The molecule has 5 aromatic rings. The molecule has 1 aromatic heterocycles. The molecule has 0 spiro atoms. The van der Waals surface area contributed by atoms with Crippen LogP contribution in [0.1, 0.15) is 56.6 Å². The Morgan fingerprint density at radius 3 is 2.33 bits per heavy atom. The average molecular weight is 518 g/mol. The number of carbonyl (C=O) groups is 2. The van der Waals surface area contributed by atoms with Crippen LogP contribution in [-0.2, 0) is 13.0 Å². The lowest BCUT2D eigenvalue weighted by atomic mass is 9.98. The zero-order chi connectivity index (χ0) is 27.5. The maximum Gasteiger partial charge on any atom is 0.336 e. The third-order valence-corrected chi connectivity index (χ3v) is 6.93. The maximum atomic E-state index is 13.2. The van der Waals surface area contributed by atoms with E-state index in [0.717, 1.165) is 57.6 Å². The monoisotopic (exact) mass is 517 g/mol. The Balaban J connectivity index is 1.49. The van der Waals surface area contributed by atoms with Crippen molar-refractivity contribution in [3.05, 3.63) is 119 Å². The number of carboxylic acid groups (broad SMARTS) is 1. The summed E-state index contributed by atoms with van der Waals surface area (Å²) >= 11 is 0. The second-order valence-electron chi connectivity index (χ2n) is 9.89. The molecule has 196 valence electrons. The lowest BCUT2D eigenvalue weighted by Crippen LogP contribution is -2.12. The van der Waals surface area contributed by atoms with Crippen molar-refractivity contribution >= 4 is 28.6 Å². The standard InChI is InChI=1S/C33H31N3O3/c1-4-7-30-35-31-22(3)18-25(32(37)34-26-16-10-21(2)11-17-26)19-29(31)36(30)20-23-12-14-24(15-13-23)27-8-5-6-9-28(27)33(38)39/h5-6,8-19H,4,7,20H2,1-3H3,(H,34,37)(H,38,39). The van der Waals surface area contributed by atoms with E-state index in [1.165, 1.54) is 0 Å². The SMILES string of the molecule is CCCc1nc2c(C)cc(C(=O)Nc3ccc(C)cc3)cc2n1Cc1ccc(-c2ccccc2C(=O)O)cc1. The van der Waals surface area contributed by atoms with Crippen LogP contribution in [0.15, 0.2) is 84.9 Å². The zero-order valence-electron chi connectivity index (χ0n) is 22.4. The number of aromatic nitrogens is 2. The summed E-state index contributed by atoms with van der Waals surface area (Å²) in [7, 11) is 0. The van der Waals surface area contributed by atoms with Crippen molar-refractivity contribution in [2.45, 2.75) is 40.2 Å². The molecule has 6 heteroatoms. The largest absolute Gasteiger partial charge is 0.478 e. The van der Waals surface area contributed by atoms with E-state index in [0.29, 0.717) is 17.7 Å². The Morgan fingerprint density at radius 1 is 0.923 bits per heavy atom. The number of aryl methyl sites for hydroxylation is 3. The van der Waals surface area contributed by atoms with Crippen LogP contribution in [0.2, 0.25) is 0 Å². The van der Waals surface area contributed by atoms with E-state index in [9.17, 15) is 14.7 Å². The van der Waals surface area contributed by atoms with Crippen molar-refractivity contribution in [3.8, 4) is 11.1 Å². The molecule has 0 aliphatic carbocycles. The number of aromatic carboxylic acids is 1. The van der Waals surface area contributed by atoms with Gasteiger partial charge in [0.05, 0.1) is 16.6 Å². The van der Waals surface area contributed by atoms with E-state index in [-0.39, 0.29) is 11.5 Å². The lowest BCUT2D eigenvalue weighted by molar-refractivity contribution is 0.0697. The summed E-state index contributed by atoms with van der Waals surface area (Å²) in [4.78, 5) is 29.8. The van der Waals surface area contributed by atoms with Crippen molar-refractivity contribution in [1.82, 2.24) is 9.55 Å². The van der Waals surface area contributed by atoms with Crippen molar-refractivity contribution in [2.24, 2.45) is 0 Å². The van der Waals surface area contributed by atoms with Gasteiger partial charge in [-0.3, -0.25) is 4.79 Å². The van der Waals surface area contributed by atoms with E-state index in [1.807, 2.05) is 86.6 Å². The number of benzene rings is 4. The molecule has 1 heterocycles. The molecule has 0 atom stereocenters. The van der Waals surface area contributed by atoms with Crippen LogP contribution in [0.3, 0.4) is 0 Å². The highest BCUT2D eigenvalue weighted by Crippen LogP contribution is 2.27. The second-order valence-corrected chi connectivity index (χ2v) is 9.89. The first-order chi connectivity index (χ1) is 18.8. The molecule has 5 rings (SSSR count). The van der Waals surface area contributed by atoms with Gasteiger partial charge in [0.15, 0.2) is 0 Å². The first-order valence-corrected chi connectivity index (χ1v) is 13.1. The third kappa shape index (κ3) is 5.46. The summed E-state index contributed by atoms with van der Waals surface area (Å²) < 4.78 is 2.19. The van der Waals surface area contributed by atoms with Gasteiger partial charge in [0.2, 0.25) is 0 Å². The molecule has 0 bridgehead atoms. The van der Waals surface area contributed by atoms with Gasteiger partial charge in [0, 0.05) is 24.2 Å². The molecule has 0 fully saturated rings. The second kappa shape index (κ2) is 11.0. The number of carbonyl (C=O) groups excluding carboxylic acids is 1. The van der Waals surface area contributed by atoms with Gasteiger partial charge in [0.1, 0.15) is 5.82 Å². The fourth-order valence-corrected chi connectivity index (χ4v) is 4.90. The summed E-state index contributed by atoms with van der Waals surface area (Å²) in [6.45, 7) is 6.73. The summed E-state index contributed by atoms with van der Waals surface area (Å²) in [5, 5.41) is 12.6. The fourth-order valence-electron chi connectivity index (χ4n) is 4.90. The summed E-state index contributed by atoms with van der Waals surface area (Å²) in [6, 6.07) is 26.6. The Bertz CT molecular complexity index is 1670. The van der Waals surface area contributed by atoms with E-state index in [1.54, 1.807) is 12.1 Å². The molecule has 6 nitrogen and oxygen atoms in total. The molecule has 0 saturated carbocycles. The number of hydrogen-bond donors (Lipinski definition) is 2. The summed E-state index contributed by atoms with van der Waals surface area (Å²) in [6.07, 6.45) is 1.77. The number of anilines is 1. The van der Waals surface area contributed by atoms with Gasteiger partial charge < -0.3 is 15.0 Å². The summed E-state index contributed by atoms with van der Waals surface area (Å²) in [5.74, 6) is -0.122. The first-order valence-electron chi connectivity index (χ1n) is 13.1. The van der Waals surface area contributed by atoms with Gasteiger partial charge in [-0.05, 0) is 72.9 Å².